The van der Waals surface area contributed by atoms with Crippen LogP contribution < -0.4 is 5.73 Å². The first-order chi connectivity index (χ1) is 7.99. The number of nitro benzene ring substituents is 1. The van der Waals surface area contributed by atoms with E-state index >= 15 is 0 Å². The number of hydrogen-bond acceptors (Lipinski definition) is 4. The van der Waals surface area contributed by atoms with Gasteiger partial charge in [-0.1, -0.05) is 0 Å². The van der Waals surface area contributed by atoms with E-state index in [0.717, 1.165) is 18.2 Å². The Hall–Kier alpha value is -2.44. The number of halogens is 1. The minimum Gasteiger partial charge on any atom is -0.384 e. The van der Waals surface area contributed by atoms with Gasteiger partial charge >= 0.3 is 0 Å². The lowest BCUT2D eigenvalue weighted by molar-refractivity contribution is -0.384. The van der Waals surface area contributed by atoms with Crippen LogP contribution >= 0.6 is 0 Å². The average molecular weight is 236 g/mol. The van der Waals surface area contributed by atoms with Crippen LogP contribution in [0.15, 0.2) is 24.3 Å². The van der Waals surface area contributed by atoms with Crippen molar-refractivity contribution in [1.29, 1.82) is 0 Å². The van der Waals surface area contributed by atoms with Gasteiger partial charge in [-0.2, -0.15) is 5.10 Å². The lowest BCUT2D eigenvalue weighted by Crippen LogP contribution is -1.97. The Bertz CT molecular complexity index is 574. The number of nitro groups is 1. The lowest BCUT2D eigenvalue weighted by atomic mass is 10.1. The summed E-state index contributed by atoms with van der Waals surface area (Å²) >= 11 is 0. The highest BCUT2D eigenvalue weighted by Crippen LogP contribution is 2.30. The molecule has 0 aliphatic rings. The topological polar surface area (TPSA) is 87.0 Å². The van der Waals surface area contributed by atoms with E-state index in [2.05, 4.69) is 5.10 Å². The maximum atomic E-state index is 13.1. The van der Waals surface area contributed by atoms with Gasteiger partial charge in [0, 0.05) is 19.2 Å². The van der Waals surface area contributed by atoms with Crippen molar-refractivity contribution in [3.8, 4) is 11.3 Å². The van der Waals surface area contributed by atoms with Gasteiger partial charge in [0.25, 0.3) is 5.69 Å². The van der Waals surface area contributed by atoms with Gasteiger partial charge in [0.2, 0.25) is 0 Å². The maximum absolute atomic E-state index is 13.1. The molecule has 2 rings (SSSR count). The van der Waals surface area contributed by atoms with Crippen molar-refractivity contribution in [2.45, 2.75) is 0 Å². The van der Waals surface area contributed by atoms with Crippen molar-refractivity contribution >= 4 is 11.5 Å². The van der Waals surface area contributed by atoms with E-state index in [1.807, 2.05) is 0 Å². The van der Waals surface area contributed by atoms with E-state index in [1.54, 1.807) is 7.05 Å². The molecule has 0 aliphatic carbocycles. The number of nitrogens with zero attached hydrogens (tertiary/aromatic N) is 3. The zero-order valence-electron chi connectivity index (χ0n) is 8.92. The summed E-state index contributed by atoms with van der Waals surface area (Å²) in [6.07, 6.45) is 0. The SMILES string of the molecule is Cn1nc(-c2cc(F)ccc2[N+](=O)[O-])cc1N. The second-order valence-electron chi connectivity index (χ2n) is 3.50. The van der Waals surface area contributed by atoms with Crippen molar-refractivity contribution in [2.75, 3.05) is 5.73 Å². The van der Waals surface area contributed by atoms with E-state index in [0.29, 0.717) is 5.82 Å². The van der Waals surface area contributed by atoms with Gasteiger partial charge in [-0.3, -0.25) is 14.8 Å². The van der Waals surface area contributed by atoms with Crippen LogP contribution in [0.3, 0.4) is 0 Å². The number of aromatic nitrogens is 2. The van der Waals surface area contributed by atoms with Gasteiger partial charge in [-0.05, 0) is 12.1 Å². The molecule has 0 saturated heterocycles. The second kappa shape index (κ2) is 3.85. The highest BCUT2D eigenvalue weighted by atomic mass is 19.1. The molecule has 1 aromatic heterocycles. The van der Waals surface area contributed by atoms with Crippen LogP contribution in [0.5, 0.6) is 0 Å². The minimum atomic E-state index is -0.584. The van der Waals surface area contributed by atoms with E-state index in [9.17, 15) is 14.5 Å². The molecule has 1 aromatic carbocycles. The quantitative estimate of drug-likeness (QED) is 0.635. The third kappa shape index (κ3) is 1.94. The van der Waals surface area contributed by atoms with Crippen LogP contribution in [0.4, 0.5) is 15.9 Å². The van der Waals surface area contributed by atoms with Crippen molar-refractivity contribution in [3.63, 3.8) is 0 Å². The number of rotatable bonds is 2. The fourth-order valence-electron chi connectivity index (χ4n) is 1.49. The molecule has 0 unspecified atom stereocenters. The molecule has 0 amide bonds. The largest absolute Gasteiger partial charge is 0.384 e. The van der Waals surface area contributed by atoms with Crippen LogP contribution in [0.1, 0.15) is 0 Å². The molecule has 6 nitrogen and oxygen atoms in total. The number of hydrogen-bond donors (Lipinski definition) is 1. The summed E-state index contributed by atoms with van der Waals surface area (Å²) in [7, 11) is 1.60. The molecule has 0 radical (unpaired) electrons. The van der Waals surface area contributed by atoms with Gasteiger partial charge in [-0.15, -0.1) is 0 Å². The van der Waals surface area contributed by atoms with Crippen molar-refractivity contribution in [1.82, 2.24) is 9.78 Å². The number of benzene rings is 1. The van der Waals surface area contributed by atoms with E-state index in [-0.39, 0.29) is 16.9 Å². The first-order valence-corrected chi connectivity index (χ1v) is 4.73. The zero-order valence-corrected chi connectivity index (χ0v) is 8.92. The molecule has 1 heterocycles. The van der Waals surface area contributed by atoms with Crippen molar-refractivity contribution in [3.05, 3.63) is 40.2 Å². The van der Waals surface area contributed by atoms with E-state index in [4.69, 9.17) is 5.73 Å². The third-order valence-electron chi connectivity index (χ3n) is 2.35. The Morgan fingerprint density at radius 1 is 1.47 bits per heavy atom. The van der Waals surface area contributed by atoms with Gasteiger partial charge in [0.15, 0.2) is 0 Å². The summed E-state index contributed by atoms with van der Waals surface area (Å²) in [6.45, 7) is 0. The molecule has 2 N–H and O–H groups in total. The third-order valence-corrected chi connectivity index (χ3v) is 2.35. The van der Waals surface area contributed by atoms with Gasteiger partial charge < -0.3 is 5.73 Å². The molecule has 0 spiro atoms. The van der Waals surface area contributed by atoms with Gasteiger partial charge in [0.05, 0.1) is 10.5 Å². The highest BCUT2D eigenvalue weighted by Gasteiger charge is 2.18. The Kier molecular flexibility index (Phi) is 2.51. The molecule has 0 saturated carbocycles. The predicted molar refractivity (Wildman–Crippen MR) is 59.7 cm³/mol. The molecule has 0 bridgehead atoms. The molecular weight excluding hydrogens is 227 g/mol. The number of nitrogen functional groups attached to an aromatic ring is 1. The number of aryl methyl sites for hydroxylation is 1. The summed E-state index contributed by atoms with van der Waals surface area (Å²) in [6, 6.07) is 4.67. The Balaban J connectivity index is 2.64. The summed E-state index contributed by atoms with van der Waals surface area (Å²) in [4.78, 5) is 10.2. The fourth-order valence-corrected chi connectivity index (χ4v) is 1.49. The number of nitrogens with two attached hydrogens (primary N) is 1. The molecule has 7 heteroatoms. The van der Waals surface area contributed by atoms with Crippen molar-refractivity contribution in [2.24, 2.45) is 7.05 Å². The fraction of sp³-hybridized carbons (Fsp3) is 0.100. The summed E-state index contributed by atoms with van der Waals surface area (Å²) < 4.78 is 14.5. The van der Waals surface area contributed by atoms with E-state index in [1.165, 1.54) is 10.7 Å². The normalized spacial score (nSPS) is 10.5. The standard InChI is InChI=1S/C10H9FN4O2/c1-14-10(12)5-8(13-14)7-4-6(11)2-3-9(7)15(16)17/h2-5H,12H2,1H3. The van der Waals surface area contributed by atoms with Crippen LogP contribution in [0, 0.1) is 15.9 Å². The van der Waals surface area contributed by atoms with Crippen LogP contribution in [-0.4, -0.2) is 14.7 Å². The summed E-state index contributed by atoms with van der Waals surface area (Å²) in [5.74, 6) is -0.214. The van der Waals surface area contributed by atoms with Crippen LogP contribution in [0.25, 0.3) is 11.3 Å². The summed E-state index contributed by atoms with van der Waals surface area (Å²) in [5.41, 5.74) is 5.76. The van der Waals surface area contributed by atoms with Gasteiger partial charge in [-0.25, -0.2) is 4.39 Å². The smallest absolute Gasteiger partial charge is 0.279 e. The molecule has 17 heavy (non-hydrogen) atoms. The highest BCUT2D eigenvalue weighted by molar-refractivity contribution is 5.72. The molecular formula is C10H9FN4O2. The monoisotopic (exact) mass is 236 g/mol. The summed E-state index contributed by atoms with van der Waals surface area (Å²) in [5, 5.41) is 14.8. The van der Waals surface area contributed by atoms with Crippen molar-refractivity contribution < 1.29 is 9.31 Å². The minimum absolute atomic E-state index is 0.113. The predicted octanol–water partition coefficient (Wildman–Crippen LogP) is 1.72. The van der Waals surface area contributed by atoms with Crippen LogP contribution in [-0.2, 0) is 7.05 Å². The molecule has 0 fully saturated rings. The van der Waals surface area contributed by atoms with Crippen LogP contribution in [0.2, 0.25) is 0 Å². The maximum Gasteiger partial charge on any atom is 0.279 e. The van der Waals surface area contributed by atoms with Gasteiger partial charge in [0.1, 0.15) is 17.3 Å². The molecule has 0 atom stereocenters. The Morgan fingerprint density at radius 3 is 2.71 bits per heavy atom. The average Bonchev–Trinajstić information content (AvgIpc) is 2.58. The number of anilines is 1. The first kappa shape index (κ1) is 11.1. The molecule has 88 valence electrons. The Morgan fingerprint density at radius 2 is 2.18 bits per heavy atom. The Labute approximate surface area is 95.6 Å². The second-order valence-corrected chi connectivity index (χ2v) is 3.50. The zero-order chi connectivity index (χ0) is 12.6. The van der Waals surface area contributed by atoms with E-state index < -0.39 is 10.7 Å². The first-order valence-electron chi connectivity index (χ1n) is 4.73. The molecule has 2 aromatic rings. The lowest BCUT2D eigenvalue weighted by Gasteiger charge is -1.99. The molecule has 0 aliphatic heterocycles.